The number of para-hydroxylation sites is 3. The monoisotopic (exact) mass is 487 g/mol. The average molecular weight is 488 g/mol. The number of carbonyl (C=O) groups is 2. The second kappa shape index (κ2) is 11.5. The number of piperazine rings is 1. The molecule has 3 N–H and O–H groups in total. The van der Waals surface area contributed by atoms with Gasteiger partial charge in [-0.2, -0.15) is 0 Å². The Morgan fingerprint density at radius 3 is 2.14 bits per heavy atom. The van der Waals surface area contributed by atoms with Crippen LogP contribution in [0.2, 0.25) is 0 Å². The van der Waals surface area contributed by atoms with Gasteiger partial charge in [-0.25, -0.2) is 9.59 Å². The third kappa shape index (κ3) is 6.07. The molecule has 3 aromatic rings. The first kappa shape index (κ1) is 24.9. The van der Waals surface area contributed by atoms with E-state index in [1.807, 2.05) is 86.3 Å². The van der Waals surface area contributed by atoms with Crippen LogP contribution in [0.25, 0.3) is 0 Å². The molecule has 0 aromatic heterocycles. The Kier molecular flexibility index (Phi) is 7.95. The van der Waals surface area contributed by atoms with Gasteiger partial charge >= 0.3 is 12.1 Å². The molecule has 8 heteroatoms. The minimum Gasteiger partial charge on any atom is -0.492 e. The Bertz CT molecular complexity index is 1180. The van der Waals surface area contributed by atoms with E-state index in [9.17, 15) is 9.59 Å². The number of hydrogen-bond acceptors (Lipinski definition) is 4. The summed E-state index contributed by atoms with van der Waals surface area (Å²) in [6.45, 7) is 9.18. The van der Waals surface area contributed by atoms with Gasteiger partial charge in [-0.1, -0.05) is 30.3 Å². The van der Waals surface area contributed by atoms with Gasteiger partial charge < -0.3 is 30.5 Å². The van der Waals surface area contributed by atoms with Crippen molar-refractivity contribution >= 4 is 34.8 Å². The molecule has 0 radical (unpaired) electrons. The molecule has 3 aromatic carbocycles. The number of carbonyl (C=O) groups excluding carboxylic acids is 2. The Morgan fingerprint density at radius 2 is 1.47 bits per heavy atom. The molecule has 1 saturated heterocycles. The lowest BCUT2D eigenvalue weighted by molar-refractivity contribution is 0.208. The maximum atomic E-state index is 12.8. The second-order valence-electron chi connectivity index (χ2n) is 8.73. The van der Waals surface area contributed by atoms with E-state index >= 15 is 0 Å². The fraction of sp³-hybridized carbons (Fsp3) is 0.286. The third-order valence-corrected chi connectivity index (χ3v) is 6.21. The van der Waals surface area contributed by atoms with E-state index in [1.54, 1.807) is 6.07 Å². The van der Waals surface area contributed by atoms with Gasteiger partial charge in [0.05, 0.1) is 12.3 Å². The fourth-order valence-electron chi connectivity index (χ4n) is 4.26. The van der Waals surface area contributed by atoms with Crippen molar-refractivity contribution in [1.82, 2.24) is 4.90 Å². The predicted molar refractivity (Wildman–Crippen MR) is 145 cm³/mol. The highest BCUT2D eigenvalue weighted by Gasteiger charge is 2.22. The number of nitrogens with zero attached hydrogens (tertiary/aromatic N) is 2. The first-order chi connectivity index (χ1) is 17.4. The van der Waals surface area contributed by atoms with Crippen LogP contribution in [0.3, 0.4) is 0 Å². The molecule has 1 heterocycles. The van der Waals surface area contributed by atoms with E-state index in [1.165, 1.54) is 0 Å². The summed E-state index contributed by atoms with van der Waals surface area (Å²) in [5.74, 6) is 0.632. The van der Waals surface area contributed by atoms with E-state index in [4.69, 9.17) is 4.74 Å². The van der Waals surface area contributed by atoms with Gasteiger partial charge in [-0.05, 0) is 68.3 Å². The number of benzene rings is 3. The number of hydrogen-bond donors (Lipinski definition) is 3. The largest absolute Gasteiger partial charge is 0.492 e. The first-order valence-corrected chi connectivity index (χ1v) is 12.2. The number of nitrogens with one attached hydrogen (secondary N) is 3. The predicted octanol–water partition coefficient (Wildman–Crippen LogP) is 5.70. The average Bonchev–Trinajstić information content (AvgIpc) is 2.88. The molecular formula is C28H33N5O3. The number of amides is 4. The van der Waals surface area contributed by atoms with Crippen LogP contribution in [0.4, 0.5) is 32.3 Å². The number of rotatable bonds is 6. The van der Waals surface area contributed by atoms with Crippen molar-refractivity contribution in [3.05, 3.63) is 77.9 Å². The highest BCUT2D eigenvalue weighted by Crippen LogP contribution is 2.25. The molecule has 36 heavy (non-hydrogen) atoms. The van der Waals surface area contributed by atoms with Gasteiger partial charge in [0.25, 0.3) is 0 Å². The highest BCUT2D eigenvalue weighted by atomic mass is 16.5. The van der Waals surface area contributed by atoms with Gasteiger partial charge in [0.15, 0.2) is 0 Å². The van der Waals surface area contributed by atoms with Crippen molar-refractivity contribution in [3.8, 4) is 5.75 Å². The molecule has 0 unspecified atom stereocenters. The van der Waals surface area contributed by atoms with E-state index < -0.39 is 0 Å². The van der Waals surface area contributed by atoms with Crippen LogP contribution in [-0.4, -0.2) is 49.7 Å². The van der Waals surface area contributed by atoms with Crippen molar-refractivity contribution in [1.29, 1.82) is 0 Å². The number of anilines is 4. The first-order valence-electron chi connectivity index (χ1n) is 12.2. The summed E-state index contributed by atoms with van der Waals surface area (Å²) < 4.78 is 5.56. The lowest BCUT2D eigenvalue weighted by Crippen LogP contribution is -2.50. The maximum absolute atomic E-state index is 12.8. The Hall–Kier alpha value is -4.20. The minimum absolute atomic E-state index is 0.0662. The Labute approximate surface area is 212 Å². The van der Waals surface area contributed by atoms with Crippen molar-refractivity contribution in [2.45, 2.75) is 20.8 Å². The molecule has 0 atom stereocenters. The Balaban J connectivity index is 1.28. The molecule has 8 nitrogen and oxygen atoms in total. The molecule has 0 spiro atoms. The van der Waals surface area contributed by atoms with Crippen LogP contribution < -0.4 is 25.6 Å². The normalized spacial score (nSPS) is 13.2. The lowest BCUT2D eigenvalue weighted by atomic mass is 10.1. The maximum Gasteiger partial charge on any atom is 0.323 e. The van der Waals surface area contributed by atoms with Gasteiger partial charge in [0.1, 0.15) is 5.75 Å². The molecule has 0 saturated carbocycles. The molecule has 1 aliphatic rings. The summed E-state index contributed by atoms with van der Waals surface area (Å²) in [5, 5.41) is 8.76. The van der Waals surface area contributed by atoms with Crippen LogP contribution in [0, 0.1) is 13.8 Å². The van der Waals surface area contributed by atoms with Crippen LogP contribution >= 0.6 is 0 Å². The van der Waals surface area contributed by atoms with Gasteiger partial charge in [-0.15, -0.1) is 0 Å². The SMILES string of the molecule is CCOc1ccccc1NC(=O)Nc1ccc(N2CCN(C(=O)Nc3c(C)cccc3C)CC2)cc1. The van der Waals surface area contributed by atoms with Crippen LogP contribution in [-0.2, 0) is 0 Å². The summed E-state index contributed by atoms with van der Waals surface area (Å²) >= 11 is 0. The second-order valence-corrected chi connectivity index (χ2v) is 8.73. The van der Waals surface area contributed by atoms with Crippen LogP contribution in [0.1, 0.15) is 18.1 Å². The summed E-state index contributed by atoms with van der Waals surface area (Å²) in [6.07, 6.45) is 0. The fourth-order valence-corrected chi connectivity index (χ4v) is 4.26. The smallest absolute Gasteiger partial charge is 0.323 e. The summed E-state index contributed by atoms with van der Waals surface area (Å²) in [6, 6.07) is 20.7. The van der Waals surface area contributed by atoms with Crippen molar-refractivity contribution in [2.24, 2.45) is 0 Å². The summed E-state index contributed by atoms with van der Waals surface area (Å²) in [4.78, 5) is 29.4. The van der Waals surface area contributed by atoms with Gasteiger partial charge in [-0.3, -0.25) is 0 Å². The number of aryl methyl sites for hydroxylation is 2. The molecule has 1 aliphatic heterocycles. The zero-order valence-corrected chi connectivity index (χ0v) is 21.0. The lowest BCUT2D eigenvalue weighted by Gasteiger charge is -2.36. The van der Waals surface area contributed by atoms with E-state index in [2.05, 4.69) is 20.9 Å². The number of urea groups is 2. The molecule has 0 bridgehead atoms. The molecule has 4 rings (SSSR count). The zero-order valence-electron chi connectivity index (χ0n) is 21.0. The topological polar surface area (TPSA) is 85.9 Å². The minimum atomic E-state index is -0.335. The molecule has 188 valence electrons. The van der Waals surface area contributed by atoms with Crippen molar-refractivity contribution in [3.63, 3.8) is 0 Å². The van der Waals surface area contributed by atoms with Gasteiger partial charge in [0, 0.05) is 43.2 Å². The van der Waals surface area contributed by atoms with E-state index in [0.29, 0.717) is 36.8 Å². The highest BCUT2D eigenvalue weighted by molar-refractivity contribution is 6.00. The molecule has 4 amide bonds. The molecule has 1 fully saturated rings. The Morgan fingerprint density at radius 1 is 0.806 bits per heavy atom. The van der Waals surface area contributed by atoms with Crippen LogP contribution in [0.15, 0.2) is 66.7 Å². The third-order valence-electron chi connectivity index (χ3n) is 6.21. The standard InChI is InChI=1S/C28H33N5O3/c1-4-36-25-11-6-5-10-24(25)30-27(34)29-22-12-14-23(15-13-22)32-16-18-33(19-17-32)28(35)31-26-20(2)8-7-9-21(26)3/h5-15H,4,16-19H2,1-3H3,(H,31,35)(H2,29,30,34). The molecule has 0 aliphatic carbocycles. The van der Waals surface area contributed by atoms with Gasteiger partial charge in [0.2, 0.25) is 0 Å². The van der Waals surface area contributed by atoms with Crippen molar-refractivity contribution < 1.29 is 14.3 Å². The van der Waals surface area contributed by atoms with E-state index in [-0.39, 0.29) is 12.1 Å². The summed E-state index contributed by atoms with van der Waals surface area (Å²) in [5.41, 5.74) is 5.37. The molecular weight excluding hydrogens is 454 g/mol. The van der Waals surface area contributed by atoms with Crippen molar-refractivity contribution in [2.75, 3.05) is 53.6 Å². The zero-order chi connectivity index (χ0) is 25.5. The number of ether oxygens (including phenoxy) is 1. The summed E-state index contributed by atoms with van der Waals surface area (Å²) in [7, 11) is 0. The van der Waals surface area contributed by atoms with E-state index in [0.717, 1.165) is 35.6 Å². The quantitative estimate of drug-likeness (QED) is 0.416. The van der Waals surface area contributed by atoms with Crippen LogP contribution in [0.5, 0.6) is 5.75 Å².